The Balaban J connectivity index is 1.10. The molecule has 5 rings (SSSR count). The van der Waals surface area contributed by atoms with E-state index in [2.05, 4.69) is 21.5 Å². The number of para-hydroxylation sites is 1. The third-order valence-electron chi connectivity index (χ3n) is 5.17. The minimum absolute atomic E-state index is 0.122. The lowest BCUT2D eigenvalue weighted by atomic mass is 10.1. The van der Waals surface area contributed by atoms with E-state index in [4.69, 9.17) is 0 Å². The Bertz CT molecular complexity index is 1440. The number of fused-ring (bicyclic) bond motifs is 2. The van der Waals surface area contributed by atoms with E-state index in [0.717, 1.165) is 21.2 Å². The molecule has 0 bridgehead atoms. The van der Waals surface area contributed by atoms with E-state index in [-0.39, 0.29) is 11.6 Å². The highest BCUT2D eigenvalue weighted by atomic mass is 32.2. The molecule has 2 aromatic carbocycles. The summed E-state index contributed by atoms with van der Waals surface area (Å²) in [6, 6.07) is 21.2. The monoisotopic (exact) mass is 475 g/mol. The maximum atomic E-state index is 12.4. The summed E-state index contributed by atoms with van der Waals surface area (Å²) in [5, 5.41) is 7.21. The molecule has 166 valence electrons. The van der Waals surface area contributed by atoms with Crippen LogP contribution in [-0.2, 0) is 12.3 Å². The molecule has 0 aliphatic carbocycles. The number of carbonyl (C=O) groups is 1. The van der Waals surface area contributed by atoms with Gasteiger partial charge in [0.1, 0.15) is 0 Å². The number of aryl methyl sites for hydroxylation is 1. The minimum atomic E-state index is -0.170. The molecule has 0 unspecified atom stereocenters. The van der Waals surface area contributed by atoms with E-state index < -0.39 is 0 Å². The van der Waals surface area contributed by atoms with Gasteiger partial charge in [-0.15, -0.1) is 16.4 Å². The molecule has 7 nitrogen and oxygen atoms in total. The van der Waals surface area contributed by atoms with Gasteiger partial charge in [0.05, 0.1) is 10.2 Å². The van der Waals surface area contributed by atoms with Crippen molar-refractivity contribution in [2.45, 2.75) is 23.1 Å². The third kappa shape index (κ3) is 4.84. The van der Waals surface area contributed by atoms with Gasteiger partial charge in [0, 0.05) is 30.6 Å². The van der Waals surface area contributed by atoms with E-state index in [0.29, 0.717) is 30.7 Å². The third-order valence-corrected chi connectivity index (χ3v) is 7.42. The maximum Gasteiger partial charge on any atom is 0.350 e. The molecule has 3 aromatic heterocycles. The molecule has 0 radical (unpaired) electrons. The molecule has 33 heavy (non-hydrogen) atoms. The molecule has 0 aliphatic rings. The molecule has 0 saturated heterocycles. The zero-order chi connectivity index (χ0) is 22.6. The number of nitrogens with one attached hydrogen (secondary N) is 1. The summed E-state index contributed by atoms with van der Waals surface area (Å²) >= 11 is 3.40. The molecule has 3 heterocycles. The second kappa shape index (κ2) is 9.60. The summed E-state index contributed by atoms with van der Waals surface area (Å²) in [6.07, 6.45) is 2.32. The van der Waals surface area contributed by atoms with Gasteiger partial charge in [0.2, 0.25) is 0 Å². The molecule has 0 saturated carbocycles. The molecule has 0 atom stereocenters. The van der Waals surface area contributed by atoms with Crippen LogP contribution in [0.2, 0.25) is 0 Å². The van der Waals surface area contributed by atoms with Crippen molar-refractivity contribution >= 4 is 44.9 Å². The summed E-state index contributed by atoms with van der Waals surface area (Å²) in [4.78, 5) is 29.4. The fraction of sp³-hybridized carbons (Fsp3) is 0.167. The summed E-state index contributed by atoms with van der Waals surface area (Å²) < 4.78 is 5.18. The van der Waals surface area contributed by atoms with E-state index in [1.807, 2.05) is 48.5 Å². The number of thioether (sulfide) groups is 1. The number of nitrogens with zero attached hydrogens (tertiary/aromatic N) is 4. The first-order chi connectivity index (χ1) is 16.2. The van der Waals surface area contributed by atoms with Crippen LogP contribution in [0.4, 0.5) is 0 Å². The molecule has 1 N–H and O–H groups in total. The predicted octanol–water partition coefficient (Wildman–Crippen LogP) is 4.22. The normalized spacial score (nSPS) is 11.3. The van der Waals surface area contributed by atoms with E-state index in [1.54, 1.807) is 41.4 Å². The molecule has 0 aliphatic heterocycles. The molecule has 5 aromatic rings. The lowest BCUT2D eigenvalue weighted by molar-refractivity contribution is 0.0952. The highest BCUT2D eigenvalue weighted by molar-refractivity contribution is 8.00. The summed E-state index contributed by atoms with van der Waals surface area (Å²) in [6.45, 7) is 0.914. The van der Waals surface area contributed by atoms with Crippen molar-refractivity contribution in [2.75, 3.05) is 6.54 Å². The number of rotatable bonds is 8. The van der Waals surface area contributed by atoms with Crippen LogP contribution >= 0.6 is 23.1 Å². The highest BCUT2D eigenvalue weighted by Gasteiger charge is 2.08. The van der Waals surface area contributed by atoms with Crippen LogP contribution in [0.1, 0.15) is 22.3 Å². The highest BCUT2D eigenvalue weighted by Crippen LogP contribution is 2.31. The van der Waals surface area contributed by atoms with Crippen molar-refractivity contribution in [3.8, 4) is 0 Å². The number of pyridine rings is 1. The van der Waals surface area contributed by atoms with Gasteiger partial charge >= 0.3 is 5.69 Å². The number of benzene rings is 2. The second-order valence-electron chi connectivity index (χ2n) is 7.48. The summed E-state index contributed by atoms with van der Waals surface area (Å²) in [5.41, 5.74) is 3.24. The number of thiazole rings is 1. The first-order valence-corrected chi connectivity index (χ1v) is 12.4. The average Bonchev–Trinajstić information content (AvgIpc) is 3.41. The van der Waals surface area contributed by atoms with Gasteiger partial charge in [-0.2, -0.15) is 0 Å². The largest absolute Gasteiger partial charge is 0.352 e. The Morgan fingerprint density at radius 3 is 2.67 bits per heavy atom. The minimum Gasteiger partial charge on any atom is -0.352 e. The Kier molecular flexibility index (Phi) is 6.23. The zero-order valence-corrected chi connectivity index (χ0v) is 19.3. The van der Waals surface area contributed by atoms with Crippen LogP contribution in [-0.4, -0.2) is 31.6 Å². The van der Waals surface area contributed by atoms with Crippen LogP contribution in [0.3, 0.4) is 0 Å². The Hall–Kier alpha value is -3.43. The summed E-state index contributed by atoms with van der Waals surface area (Å²) in [7, 11) is 0. The average molecular weight is 476 g/mol. The lowest BCUT2D eigenvalue weighted by Gasteiger charge is -2.06. The quantitative estimate of drug-likeness (QED) is 0.268. The summed E-state index contributed by atoms with van der Waals surface area (Å²) in [5.74, 6) is 0.679. The van der Waals surface area contributed by atoms with Crippen LogP contribution in [0.5, 0.6) is 0 Å². The van der Waals surface area contributed by atoms with Crippen molar-refractivity contribution in [1.29, 1.82) is 0 Å². The number of hydrogen-bond donors (Lipinski definition) is 1. The van der Waals surface area contributed by atoms with Gasteiger partial charge in [-0.25, -0.2) is 14.5 Å². The van der Waals surface area contributed by atoms with Gasteiger partial charge in [-0.05, 0) is 48.4 Å². The molecular weight excluding hydrogens is 454 g/mol. The number of carbonyl (C=O) groups excluding carboxylic acids is 1. The van der Waals surface area contributed by atoms with Gasteiger partial charge in [0.25, 0.3) is 5.91 Å². The van der Waals surface area contributed by atoms with E-state index >= 15 is 0 Å². The second-order valence-corrected chi connectivity index (χ2v) is 9.73. The first-order valence-electron chi connectivity index (χ1n) is 10.6. The van der Waals surface area contributed by atoms with Crippen LogP contribution in [0.25, 0.3) is 15.9 Å². The van der Waals surface area contributed by atoms with Crippen LogP contribution in [0.15, 0.2) is 82.1 Å². The van der Waals surface area contributed by atoms with Crippen LogP contribution < -0.4 is 11.0 Å². The van der Waals surface area contributed by atoms with Crippen molar-refractivity contribution in [2.24, 2.45) is 0 Å². The number of amides is 1. The maximum absolute atomic E-state index is 12.4. The number of hydrogen-bond acceptors (Lipinski definition) is 6. The van der Waals surface area contributed by atoms with Crippen molar-refractivity contribution < 1.29 is 4.79 Å². The molecule has 0 fully saturated rings. The number of aromatic nitrogens is 4. The van der Waals surface area contributed by atoms with Crippen molar-refractivity contribution in [1.82, 2.24) is 24.5 Å². The van der Waals surface area contributed by atoms with Gasteiger partial charge in [-0.1, -0.05) is 42.1 Å². The molecule has 0 spiro atoms. The van der Waals surface area contributed by atoms with Gasteiger partial charge in [-0.3, -0.25) is 9.20 Å². The van der Waals surface area contributed by atoms with Crippen LogP contribution in [0, 0.1) is 0 Å². The Morgan fingerprint density at radius 1 is 1.03 bits per heavy atom. The van der Waals surface area contributed by atoms with Gasteiger partial charge < -0.3 is 5.32 Å². The van der Waals surface area contributed by atoms with E-state index in [1.165, 1.54) is 13.8 Å². The topological polar surface area (TPSA) is 81.3 Å². The first kappa shape index (κ1) is 21.4. The SMILES string of the molecule is O=C(NCCCn1nc2ccccn2c1=O)c1ccc(CSc2nc3ccccc3s2)cc1. The fourth-order valence-corrected chi connectivity index (χ4v) is 5.48. The lowest BCUT2D eigenvalue weighted by Crippen LogP contribution is -2.27. The van der Waals surface area contributed by atoms with Crippen molar-refractivity contribution in [3.63, 3.8) is 0 Å². The predicted molar refractivity (Wildman–Crippen MR) is 132 cm³/mol. The Morgan fingerprint density at radius 2 is 1.85 bits per heavy atom. The molecular formula is C24H21N5O2S2. The zero-order valence-electron chi connectivity index (χ0n) is 17.7. The smallest absolute Gasteiger partial charge is 0.350 e. The van der Waals surface area contributed by atoms with Gasteiger partial charge in [0.15, 0.2) is 9.99 Å². The fourth-order valence-electron chi connectivity index (χ4n) is 3.46. The molecule has 9 heteroatoms. The Labute approximate surface area is 198 Å². The molecule has 1 amide bonds. The van der Waals surface area contributed by atoms with Crippen molar-refractivity contribution in [3.05, 3.63) is 94.5 Å². The standard InChI is InChI=1S/C24H21N5O2S2/c30-22(25-13-5-15-29-24(31)28-14-4-3-8-21(28)27-29)18-11-9-17(10-12-18)16-32-23-26-19-6-1-2-7-20(19)33-23/h1-4,6-12,14H,5,13,15-16H2,(H,25,30). The van der Waals surface area contributed by atoms with E-state index in [9.17, 15) is 9.59 Å².